The van der Waals surface area contributed by atoms with E-state index in [1.165, 1.54) is 0 Å². The van der Waals surface area contributed by atoms with Crippen LogP contribution in [0.4, 0.5) is 0 Å². The van der Waals surface area contributed by atoms with Gasteiger partial charge in [0, 0.05) is 36.6 Å². The van der Waals surface area contributed by atoms with E-state index in [0.29, 0.717) is 24.5 Å². The monoisotopic (exact) mass is 312 g/mol. The SMILES string of the molecule is O=C(NCC1(O)CCOC1)c1cc(C2CC2)nc2ccccc12. The topological polar surface area (TPSA) is 71.5 Å². The summed E-state index contributed by atoms with van der Waals surface area (Å²) in [7, 11) is 0. The molecule has 1 saturated heterocycles. The number of carbonyl (C=O) groups excluding carboxylic acids is 1. The Bertz CT molecular complexity index is 749. The Morgan fingerprint density at radius 3 is 2.96 bits per heavy atom. The van der Waals surface area contributed by atoms with E-state index in [1.54, 1.807) is 0 Å². The lowest BCUT2D eigenvalue weighted by Gasteiger charge is -2.21. The first-order valence-electron chi connectivity index (χ1n) is 8.13. The third kappa shape index (κ3) is 2.94. The van der Waals surface area contributed by atoms with Gasteiger partial charge in [0.15, 0.2) is 0 Å². The molecule has 1 aliphatic carbocycles. The molecule has 1 aromatic heterocycles. The van der Waals surface area contributed by atoms with Crippen LogP contribution in [0, 0.1) is 0 Å². The minimum absolute atomic E-state index is 0.161. The van der Waals surface area contributed by atoms with Crippen molar-refractivity contribution in [1.29, 1.82) is 0 Å². The highest BCUT2D eigenvalue weighted by Crippen LogP contribution is 2.40. The van der Waals surface area contributed by atoms with Crippen LogP contribution < -0.4 is 5.32 Å². The van der Waals surface area contributed by atoms with Crippen LogP contribution in [0.25, 0.3) is 10.9 Å². The number of nitrogens with zero attached hydrogens (tertiary/aromatic N) is 1. The van der Waals surface area contributed by atoms with Gasteiger partial charge < -0.3 is 15.2 Å². The van der Waals surface area contributed by atoms with Crippen LogP contribution in [0.2, 0.25) is 0 Å². The quantitative estimate of drug-likeness (QED) is 0.906. The number of hydrogen-bond donors (Lipinski definition) is 2. The molecule has 1 saturated carbocycles. The molecule has 0 spiro atoms. The fraction of sp³-hybridized carbons (Fsp3) is 0.444. The first-order chi connectivity index (χ1) is 11.1. The van der Waals surface area contributed by atoms with Gasteiger partial charge in [0.1, 0.15) is 5.60 Å². The van der Waals surface area contributed by atoms with Crippen molar-refractivity contribution in [3.8, 4) is 0 Å². The number of carbonyl (C=O) groups is 1. The molecule has 2 aliphatic rings. The van der Waals surface area contributed by atoms with Crippen LogP contribution >= 0.6 is 0 Å². The average Bonchev–Trinajstić information content (AvgIpc) is 3.34. The zero-order valence-electron chi connectivity index (χ0n) is 12.9. The predicted octanol–water partition coefficient (Wildman–Crippen LogP) is 1.99. The molecule has 5 nitrogen and oxygen atoms in total. The first-order valence-corrected chi connectivity index (χ1v) is 8.13. The van der Waals surface area contributed by atoms with Gasteiger partial charge in [-0.3, -0.25) is 9.78 Å². The number of aromatic nitrogens is 1. The molecule has 1 amide bonds. The van der Waals surface area contributed by atoms with Gasteiger partial charge in [-0.2, -0.15) is 0 Å². The predicted molar refractivity (Wildman–Crippen MR) is 86.4 cm³/mol. The summed E-state index contributed by atoms with van der Waals surface area (Å²) in [5.41, 5.74) is 1.54. The molecule has 4 rings (SSSR count). The molecule has 1 unspecified atom stereocenters. The van der Waals surface area contributed by atoms with Crippen molar-refractivity contribution in [2.75, 3.05) is 19.8 Å². The summed E-state index contributed by atoms with van der Waals surface area (Å²) >= 11 is 0. The number of para-hydroxylation sites is 1. The van der Waals surface area contributed by atoms with Crippen molar-refractivity contribution < 1.29 is 14.6 Å². The second-order valence-corrected chi connectivity index (χ2v) is 6.60. The molecule has 0 bridgehead atoms. The molecular formula is C18H20N2O3. The van der Waals surface area contributed by atoms with Gasteiger partial charge in [-0.1, -0.05) is 18.2 Å². The molecule has 1 atom stereocenters. The Kier molecular flexibility index (Phi) is 3.54. The van der Waals surface area contributed by atoms with Crippen molar-refractivity contribution in [2.24, 2.45) is 0 Å². The number of nitrogens with one attached hydrogen (secondary N) is 1. The highest BCUT2D eigenvalue weighted by atomic mass is 16.5. The number of hydrogen-bond acceptors (Lipinski definition) is 4. The Labute approximate surface area is 134 Å². The molecule has 23 heavy (non-hydrogen) atoms. The molecular weight excluding hydrogens is 292 g/mol. The smallest absolute Gasteiger partial charge is 0.252 e. The Hall–Kier alpha value is -1.98. The Balaban J connectivity index is 1.62. The number of fused-ring (bicyclic) bond motifs is 1. The minimum Gasteiger partial charge on any atom is -0.386 e. The summed E-state index contributed by atoms with van der Waals surface area (Å²) in [4.78, 5) is 17.3. The van der Waals surface area contributed by atoms with Crippen LogP contribution in [0.15, 0.2) is 30.3 Å². The lowest BCUT2D eigenvalue weighted by Crippen LogP contribution is -2.43. The van der Waals surface area contributed by atoms with E-state index >= 15 is 0 Å². The van der Waals surface area contributed by atoms with E-state index in [4.69, 9.17) is 4.74 Å². The standard InChI is InChI=1S/C18H20N2O3/c21-17(19-10-18(22)7-8-23-11-18)14-9-16(12-5-6-12)20-15-4-2-1-3-13(14)15/h1-4,9,12,22H,5-8,10-11H2,(H,19,21). The number of amides is 1. The van der Waals surface area contributed by atoms with Gasteiger partial charge in [-0.05, 0) is 25.0 Å². The van der Waals surface area contributed by atoms with Gasteiger partial charge in [0.05, 0.1) is 17.7 Å². The molecule has 2 N–H and O–H groups in total. The van der Waals surface area contributed by atoms with E-state index in [9.17, 15) is 9.90 Å². The van der Waals surface area contributed by atoms with E-state index < -0.39 is 5.60 Å². The number of pyridine rings is 1. The third-order valence-electron chi connectivity index (χ3n) is 4.64. The highest BCUT2D eigenvalue weighted by molar-refractivity contribution is 6.06. The molecule has 1 aromatic carbocycles. The molecule has 2 fully saturated rings. The van der Waals surface area contributed by atoms with Crippen molar-refractivity contribution >= 4 is 16.8 Å². The van der Waals surface area contributed by atoms with Gasteiger partial charge in [0.2, 0.25) is 0 Å². The van der Waals surface area contributed by atoms with Gasteiger partial charge in [0.25, 0.3) is 5.91 Å². The van der Waals surface area contributed by atoms with Crippen LogP contribution in [-0.4, -0.2) is 41.4 Å². The summed E-state index contributed by atoms with van der Waals surface area (Å²) in [5.74, 6) is 0.324. The van der Waals surface area contributed by atoms with Crippen molar-refractivity contribution in [2.45, 2.75) is 30.8 Å². The Morgan fingerprint density at radius 1 is 1.39 bits per heavy atom. The summed E-state index contributed by atoms with van der Waals surface area (Å²) in [6.45, 7) is 1.02. The molecule has 2 aromatic rings. The third-order valence-corrected chi connectivity index (χ3v) is 4.64. The molecule has 5 heteroatoms. The summed E-state index contributed by atoms with van der Waals surface area (Å²) < 4.78 is 5.22. The summed E-state index contributed by atoms with van der Waals surface area (Å²) in [6, 6.07) is 9.62. The second-order valence-electron chi connectivity index (χ2n) is 6.60. The zero-order chi connectivity index (χ0) is 15.9. The van der Waals surface area contributed by atoms with E-state index in [1.807, 2.05) is 30.3 Å². The van der Waals surface area contributed by atoms with E-state index in [-0.39, 0.29) is 19.1 Å². The number of benzene rings is 1. The summed E-state index contributed by atoms with van der Waals surface area (Å²) in [6.07, 6.45) is 2.84. The lowest BCUT2D eigenvalue weighted by atomic mass is 10.0. The fourth-order valence-corrected chi connectivity index (χ4v) is 3.05. The van der Waals surface area contributed by atoms with Gasteiger partial charge in [-0.25, -0.2) is 0 Å². The van der Waals surface area contributed by atoms with Crippen LogP contribution in [-0.2, 0) is 4.74 Å². The molecule has 120 valence electrons. The van der Waals surface area contributed by atoms with Crippen LogP contribution in [0.5, 0.6) is 0 Å². The van der Waals surface area contributed by atoms with Gasteiger partial charge >= 0.3 is 0 Å². The normalized spacial score (nSPS) is 24.0. The van der Waals surface area contributed by atoms with E-state index in [0.717, 1.165) is 29.4 Å². The number of ether oxygens (including phenoxy) is 1. The Morgan fingerprint density at radius 2 is 2.22 bits per heavy atom. The first kappa shape index (κ1) is 14.6. The molecule has 2 heterocycles. The van der Waals surface area contributed by atoms with Crippen molar-refractivity contribution in [3.63, 3.8) is 0 Å². The maximum Gasteiger partial charge on any atom is 0.252 e. The lowest BCUT2D eigenvalue weighted by molar-refractivity contribution is 0.0265. The van der Waals surface area contributed by atoms with Crippen molar-refractivity contribution in [3.05, 3.63) is 41.6 Å². The number of rotatable bonds is 4. The van der Waals surface area contributed by atoms with Crippen LogP contribution in [0.3, 0.4) is 0 Å². The van der Waals surface area contributed by atoms with Crippen molar-refractivity contribution in [1.82, 2.24) is 10.3 Å². The second kappa shape index (κ2) is 5.58. The maximum atomic E-state index is 12.7. The highest BCUT2D eigenvalue weighted by Gasteiger charge is 2.33. The largest absolute Gasteiger partial charge is 0.386 e. The fourth-order valence-electron chi connectivity index (χ4n) is 3.05. The molecule has 0 radical (unpaired) electrons. The zero-order valence-corrected chi connectivity index (χ0v) is 12.9. The average molecular weight is 312 g/mol. The van der Waals surface area contributed by atoms with Crippen LogP contribution in [0.1, 0.15) is 41.2 Å². The van der Waals surface area contributed by atoms with E-state index in [2.05, 4.69) is 10.3 Å². The number of aliphatic hydroxyl groups is 1. The van der Waals surface area contributed by atoms with Gasteiger partial charge in [-0.15, -0.1) is 0 Å². The minimum atomic E-state index is -0.947. The summed E-state index contributed by atoms with van der Waals surface area (Å²) in [5, 5.41) is 14.0. The maximum absolute atomic E-state index is 12.7. The molecule has 1 aliphatic heterocycles.